The molecule has 2 fully saturated rings. The van der Waals surface area contributed by atoms with Gasteiger partial charge in [0.05, 0.1) is 11.3 Å². The van der Waals surface area contributed by atoms with Gasteiger partial charge in [-0.2, -0.15) is 0 Å². The third-order valence-corrected chi connectivity index (χ3v) is 5.90. The molecule has 0 unspecified atom stereocenters. The molecular weight excluding hydrogens is 357 g/mol. The van der Waals surface area contributed by atoms with Crippen LogP contribution in [0.1, 0.15) is 81.0 Å². The van der Waals surface area contributed by atoms with Crippen molar-refractivity contribution in [3.05, 3.63) is 23.5 Å². The number of nitrogens with one attached hydrogen (secondary N) is 3. The van der Waals surface area contributed by atoms with Crippen molar-refractivity contribution in [1.29, 1.82) is 0 Å². The quantitative estimate of drug-likeness (QED) is 0.470. The number of carbonyl (C=O) groups excluding carboxylic acids is 1. The molecule has 0 spiro atoms. The van der Waals surface area contributed by atoms with Crippen LogP contribution in [0, 0.1) is 5.82 Å². The number of carbonyl (C=O) groups is 1. The standard InChI is InChI=1S/C22H34FN3O2/c23-19-14-18(22(28)24-12-6-7-13-27)20(25-16-10-4-5-11-16)15-21(19)26-17-8-2-1-3-9-17/h14-17,25-27H,1-13H2,(H,24,28). The summed E-state index contributed by atoms with van der Waals surface area (Å²) in [5.74, 6) is -0.635. The third-order valence-electron chi connectivity index (χ3n) is 5.90. The van der Waals surface area contributed by atoms with E-state index in [1.54, 1.807) is 6.07 Å². The number of hydrogen-bond acceptors (Lipinski definition) is 4. The predicted octanol–water partition coefficient (Wildman–Crippen LogP) is 4.43. The Labute approximate surface area is 167 Å². The number of amides is 1. The molecular formula is C22H34FN3O2. The van der Waals surface area contributed by atoms with Crippen molar-refractivity contribution in [2.24, 2.45) is 0 Å². The Kier molecular flexibility index (Phi) is 7.95. The molecule has 6 heteroatoms. The SMILES string of the molecule is O=C(NCCCCO)c1cc(F)c(NC2CCCCC2)cc1NC1CCCC1. The first kappa shape index (κ1) is 20.9. The number of halogens is 1. The zero-order chi connectivity index (χ0) is 19.8. The molecule has 4 N–H and O–H groups in total. The van der Waals surface area contributed by atoms with Crippen LogP contribution < -0.4 is 16.0 Å². The highest BCUT2D eigenvalue weighted by molar-refractivity contribution is 6.00. The van der Waals surface area contributed by atoms with E-state index in [9.17, 15) is 9.18 Å². The minimum absolute atomic E-state index is 0.112. The zero-order valence-electron chi connectivity index (χ0n) is 16.7. The maximum Gasteiger partial charge on any atom is 0.253 e. The van der Waals surface area contributed by atoms with Crippen LogP contribution in [0.15, 0.2) is 12.1 Å². The van der Waals surface area contributed by atoms with E-state index in [1.165, 1.54) is 38.2 Å². The Bertz CT molecular complexity index is 641. The van der Waals surface area contributed by atoms with Crippen molar-refractivity contribution in [3.63, 3.8) is 0 Å². The Morgan fingerprint density at radius 2 is 1.54 bits per heavy atom. The van der Waals surface area contributed by atoms with Crippen LogP contribution >= 0.6 is 0 Å². The molecule has 1 aromatic rings. The van der Waals surface area contributed by atoms with Gasteiger partial charge in [0.25, 0.3) is 5.91 Å². The highest BCUT2D eigenvalue weighted by atomic mass is 19.1. The van der Waals surface area contributed by atoms with E-state index in [0.717, 1.165) is 25.7 Å². The Balaban J connectivity index is 1.75. The summed E-state index contributed by atoms with van der Waals surface area (Å²) in [6.45, 7) is 0.590. The number of aliphatic hydroxyl groups is 1. The first-order valence-corrected chi connectivity index (χ1v) is 10.9. The van der Waals surface area contributed by atoms with E-state index in [4.69, 9.17) is 5.11 Å². The van der Waals surface area contributed by atoms with Gasteiger partial charge in [-0.25, -0.2) is 4.39 Å². The van der Waals surface area contributed by atoms with E-state index in [0.29, 0.717) is 48.4 Å². The molecule has 0 aliphatic heterocycles. The van der Waals surface area contributed by atoms with E-state index in [2.05, 4.69) is 16.0 Å². The first-order chi connectivity index (χ1) is 13.7. The molecule has 0 bridgehead atoms. The highest BCUT2D eigenvalue weighted by Crippen LogP contribution is 2.30. The van der Waals surface area contributed by atoms with Crippen LogP contribution in [-0.4, -0.2) is 36.2 Å². The molecule has 2 aliphatic rings. The summed E-state index contributed by atoms with van der Waals surface area (Å²) >= 11 is 0. The largest absolute Gasteiger partial charge is 0.396 e. The van der Waals surface area contributed by atoms with Gasteiger partial charge in [-0.05, 0) is 50.7 Å². The van der Waals surface area contributed by atoms with Crippen molar-refractivity contribution in [2.45, 2.75) is 82.7 Å². The fourth-order valence-electron chi connectivity index (χ4n) is 4.28. The maximum atomic E-state index is 14.8. The van der Waals surface area contributed by atoms with Crippen LogP contribution in [-0.2, 0) is 0 Å². The molecule has 5 nitrogen and oxygen atoms in total. The lowest BCUT2D eigenvalue weighted by molar-refractivity contribution is 0.0952. The molecule has 3 rings (SSSR count). The van der Waals surface area contributed by atoms with Crippen molar-refractivity contribution in [2.75, 3.05) is 23.8 Å². The summed E-state index contributed by atoms with van der Waals surface area (Å²) in [7, 11) is 0. The van der Waals surface area contributed by atoms with Gasteiger partial charge in [0.15, 0.2) is 0 Å². The predicted molar refractivity (Wildman–Crippen MR) is 111 cm³/mol. The molecule has 156 valence electrons. The van der Waals surface area contributed by atoms with Gasteiger partial charge in [0, 0.05) is 30.9 Å². The summed E-state index contributed by atoms with van der Waals surface area (Å²) in [6, 6.07) is 3.80. The number of anilines is 2. The Morgan fingerprint density at radius 3 is 2.18 bits per heavy atom. The van der Waals surface area contributed by atoms with Crippen molar-refractivity contribution >= 4 is 17.3 Å². The van der Waals surface area contributed by atoms with Crippen LogP contribution in [0.2, 0.25) is 0 Å². The molecule has 1 aromatic carbocycles. The molecule has 1 amide bonds. The monoisotopic (exact) mass is 391 g/mol. The Hall–Kier alpha value is -1.82. The van der Waals surface area contributed by atoms with Crippen molar-refractivity contribution in [3.8, 4) is 0 Å². The van der Waals surface area contributed by atoms with Crippen molar-refractivity contribution < 1.29 is 14.3 Å². The zero-order valence-corrected chi connectivity index (χ0v) is 16.7. The van der Waals surface area contributed by atoms with Gasteiger partial charge in [-0.15, -0.1) is 0 Å². The molecule has 2 saturated carbocycles. The van der Waals surface area contributed by atoms with Gasteiger partial charge >= 0.3 is 0 Å². The molecule has 0 radical (unpaired) electrons. The van der Waals surface area contributed by atoms with Gasteiger partial charge in [-0.1, -0.05) is 32.1 Å². The molecule has 28 heavy (non-hydrogen) atoms. The number of hydrogen-bond donors (Lipinski definition) is 4. The molecule has 0 saturated heterocycles. The van der Waals surface area contributed by atoms with Crippen molar-refractivity contribution in [1.82, 2.24) is 5.32 Å². The van der Waals surface area contributed by atoms with E-state index >= 15 is 0 Å². The lowest BCUT2D eigenvalue weighted by Gasteiger charge is -2.25. The van der Waals surface area contributed by atoms with E-state index < -0.39 is 0 Å². The average molecular weight is 392 g/mol. The number of unbranched alkanes of at least 4 members (excludes halogenated alkanes) is 1. The summed E-state index contributed by atoms with van der Waals surface area (Å²) in [6.07, 6.45) is 11.6. The van der Waals surface area contributed by atoms with Crippen LogP contribution in [0.25, 0.3) is 0 Å². The minimum atomic E-state index is -0.372. The second-order valence-electron chi connectivity index (χ2n) is 8.17. The van der Waals surface area contributed by atoms with Gasteiger partial charge in [0.2, 0.25) is 0 Å². The van der Waals surface area contributed by atoms with Crippen LogP contribution in [0.3, 0.4) is 0 Å². The molecule has 2 aliphatic carbocycles. The maximum absolute atomic E-state index is 14.8. The highest BCUT2D eigenvalue weighted by Gasteiger charge is 2.22. The summed E-state index contributed by atoms with van der Waals surface area (Å²) < 4.78 is 14.8. The number of benzene rings is 1. The van der Waals surface area contributed by atoms with E-state index in [-0.39, 0.29) is 18.3 Å². The molecule has 0 heterocycles. The lowest BCUT2D eigenvalue weighted by atomic mass is 9.95. The second-order valence-corrected chi connectivity index (χ2v) is 8.17. The van der Waals surface area contributed by atoms with Crippen LogP contribution in [0.4, 0.5) is 15.8 Å². The molecule has 0 aromatic heterocycles. The smallest absolute Gasteiger partial charge is 0.253 e. The summed E-state index contributed by atoms with van der Waals surface area (Å²) in [5.41, 5.74) is 1.57. The Morgan fingerprint density at radius 1 is 0.929 bits per heavy atom. The van der Waals surface area contributed by atoms with E-state index in [1.807, 2.05) is 0 Å². The minimum Gasteiger partial charge on any atom is -0.396 e. The number of aliphatic hydroxyl groups excluding tert-OH is 1. The molecule has 0 atom stereocenters. The first-order valence-electron chi connectivity index (χ1n) is 10.9. The normalized spacial score (nSPS) is 18.2. The third kappa shape index (κ3) is 5.84. The average Bonchev–Trinajstić information content (AvgIpc) is 3.21. The van der Waals surface area contributed by atoms with Gasteiger partial charge in [0.1, 0.15) is 5.82 Å². The van der Waals surface area contributed by atoms with Crippen LogP contribution in [0.5, 0.6) is 0 Å². The second kappa shape index (κ2) is 10.6. The van der Waals surface area contributed by atoms with Gasteiger partial charge < -0.3 is 21.1 Å². The lowest BCUT2D eigenvalue weighted by Crippen LogP contribution is -2.28. The summed E-state index contributed by atoms with van der Waals surface area (Å²) in [4.78, 5) is 12.7. The van der Waals surface area contributed by atoms with Gasteiger partial charge in [-0.3, -0.25) is 4.79 Å². The number of rotatable bonds is 9. The topological polar surface area (TPSA) is 73.4 Å². The fraction of sp³-hybridized carbons (Fsp3) is 0.682. The fourth-order valence-corrected chi connectivity index (χ4v) is 4.28. The summed E-state index contributed by atoms with van der Waals surface area (Å²) in [5, 5.41) is 18.6.